The summed E-state index contributed by atoms with van der Waals surface area (Å²) in [5, 5.41) is -0.297. The van der Waals surface area contributed by atoms with Gasteiger partial charge in [-0.25, -0.2) is 9.37 Å². The summed E-state index contributed by atoms with van der Waals surface area (Å²) in [6, 6.07) is 2.77. The number of halogens is 3. The summed E-state index contributed by atoms with van der Waals surface area (Å²) in [6.45, 7) is 3.73. The van der Waals surface area contributed by atoms with E-state index in [1.165, 1.54) is 12.1 Å². The standard InChI is InChI=1S/C13H15Cl2FN2OS/c1-7(6-20(3)19)18-12-4-9(15)10(16)5-11(12)17-13(18)8(2)14/h4-5,7-8H,6H2,1-3H3. The highest BCUT2D eigenvalue weighted by Gasteiger charge is 2.21. The molecule has 0 saturated heterocycles. The first-order chi connectivity index (χ1) is 9.31. The molecular weight excluding hydrogens is 322 g/mol. The van der Waals surface area contributed by atoms with Crippen LogP contribution >= 0.6 is 23.2 Å². The van der Waals surface area contributed by atoms with Gasteiger partial charge in [0.2, 0.25) is 0 Å². The van der Waals surface area contributed by atoms with Crippen molar-refractivity contribution >= 4 is 45.0 Å². The number of imidazole rings is 1. The molecule has 1 heterocycles. The number of aromatic nitrogens is 2. The lowest BCUT2D eigenvalue weighted by Gasteiger charge is -2.17. The van der Waals surface area contributed by atoms with Gasteiger partial charge < -0.3 is 4.57 Å². The zero-order valence-corrected chi connectivity index (χ0v) is 13.7. The highest BCUT2D eigenvalue weighted by molar-refractivity contribution is 7.84. The van der Waals surface area contributed by atoms with Gasteiger partial charge in [-0.05, 0) is 19.9 Å². The summed E-state index contributed by atoms with van der Waals surface area (Å²) in [6.07, 6.45) is 1.64. The van der Waals surface area contributed by atoms with E-state index in [1.807, 2.05) is 11.5 Å². The fourth-order valence-electron chi connectivity index (χ4n) is 2.27. The van der Waals surface area contributed by atoms with E-state index >= 15 is 0 Å². The van der Waals surface area contributed by atoms with E-state index in [4.69, 9.17) is 23.2 Å². The van der Waals surface area contributed by atoms with E-state index < -0.39 is 16.6 Å². The predicted molar refractivity (Wildman–Crippen MR) is 82.6 cm³/mol. The maximum absolute atomic E-state index is 13.5. The van der Waals surface area contributed by atoms with Crippen LogP contribution in [0, 0.1) is 5.82 Å². The topological polar surface area (TPSA) is 34.9 Å². The molecule has 0 saturated carbocycles. The Bertz CT molecular complexity index is 672. The average Bonchev–Trinajstić information content (AvgIpc) is 2.67. The quantitative estimate of drug-likeness (QED) is 0.789. The molecule has 7 heteroatoms. The van der Waals surface area contributed by atoms with Crippen LogP contribution in [0.2, 0.25) is 5.02 Å². The molecule has 3 atom stereocenters. The van der Waals surface area contributed by atoms with E-state index in [2.05, 4.69) is 4.98 Å². The van der Waals surface area contributed by atoms with E-state index in [0.717, 1.165) is 0 Å². The van der Waals surface area contributed by atoms with Crippen LogP contribution in [0.25, 0.3) is 11.0 Å². The number of benzene rings is 1. The molecule has 2 aromatic rings. The Morgan fingerprint density at radius 1 is 1.45 bits per heavy atom. The first-order valence-corrected chi connectivity index (χ1v) is 8.66. The molecule has 0 aliphatic heterocycles. The van der Waals surface area contributed by atoms with Crippen molar-refractivity contribution in [3.05, 3.63) is 28.8 Å². The molecular formula is C13H15Cl2FN2OS. The molecule has 1 aromatic carbocycles. The Morgan fingerprint density at radius 3 is 2.65 bits per heavy atom. The van der Waals surface area contributed by atoms with Crippen molar-refractivity contribution < 1.29 is 8.60 Å². The van der Waals surface area contributed by atoms with E-state index in [0.29, 0.717) is 22.6 Å². The third kappa shape index (κ3) is 3.00. The van der Waals surface area contributed by atoms with Crippen molar-refractivity contribution in [2.75, 3.05) is 12.0 Å². The molecule has 0 aliphatic rings. The normalized spacial score (nSPS) is 16.3. The second-order valence-corrected chi connectivity index (χ2v) is 7.34. The van der Waals surface area contributed by atoms with Crippen molar-refractivity contribution in [2.24, 2.45) is 0 Å². The second-order valence-electron chi connectivity index (χ2n) is 4.80. The number of alkyl halides is 1. The van der Waals surface area contributed by atoms with Crippen LogP contribution in [-0.2, 0) is 10.8 Å². The summed E-state index contributed by atoms with van der Waals surface area (Å²) in [5.41, 5.74) is 1.21. The van der Waals surface area contributed by atoms with Crippen LogP contribution in [0.3, 0.4) is 0 Å². The first-order valence-electron chi connectivity index (χ1n) is 6.12. The van der Waals surface area contributed by atoms with Gasteiger partial charge in [0, 0.05) is 34.9 Å². The fraction of sp³-hybridized carbons (Fsp3) is 0.462. The Hall–Kier alpha value is -0.650. The zero-order chi connectivity index (χ0) is 15.0. The largest absolute Gasteiger partial charge is 0.323 e. The van der Waals surface area contributed by atoms with Crippen LogP contribution in [0.15, 0.2) is 12.1 Å². The minimum Gasteiger partial charge on any atom is -0.323 e. The highest BCUT2D eigenvalue weighted by Crippen LogP contribution is 2.31. The molecule has 3 nitrogen and oxygen atoms in total. The third-order valence-electron chi connectivity index (χ3n) is 3.03. The monoisotopic (exact) mass is 336 g/mol. The SMILES string of the molecule is CC(Cl)c1nc2cc(F)c(Cl)cc2n1C(C)CS(C)=O. The lowest BCUT2D eigenvalue weighted by atomic mass is 10.2. The zero-order valence-electron chi connectivity index (χ0n) is 11.4. The van der Waals surface area contributed by atoms with Crippen LogP contribution in [0.4, 0.5) is 4.39 Å². The van der Waals surface area contributed by atoms with Gasteiger partial charge in [0.1, 0.15) is 11.6 Å². The molecule has 3 unspecified atom stereocenters. The van der Waals surface area contributed by atoms with Crippen molar-refractivity contribution in [1.29, 1.82) is 0 Å². The van der Waals surface area contributed by atoms with Crippen molar-refractivity contribution in [3.8, 4) is 0 Å². The summed E-state index contributed by atoms with van der Waals surface area (Å²) in [4.78, 5) is 4.38. The van der Waals surface area contributed by atoms with Gasteiger partial charge in [-0.2, -0.15) is 0 Å². The van der Waals surface area contributed by atoms with Gasteiger partial charge >= 0.3 is 0 Å². The molecule has 0 radical (unpaired) electrons. The third-order valence-corrected chi connectivity index (χ3v) is 4.47. The molecule has 0 fully saturated rings. The number of rotatable bonds is 4. The molecule has 0 N–H and O–H groups in total. The Morgan fingerprint density at radius 2 is 2.10 bits per heavy atom. The van der Waals surface area contributed by atoms with Crippen LogP contribution < -0.4 is 0 Å². The lowest BCUT2D eigenvalue weighted by Crippen LogP contribution is -2.16. The van der Waals surface area contributed by atoms with Crippen molar-refractivity contribution in [1.82, 2.24) is 9.55 Å². The molecule has 20 heavy (non-hydrogen) atoms. The van der Waals surface area contributed by atoms with Crippen LogP contribution in [0.5, 0.6) is 0 Å². The Balaban J connectivity index is 2.67. The summed E-state index contributed by atoms with van der Waals surface area (Å²) in [7, 11) is -0.953. The van der Waals surface area contributed by atoms with E-state index in [9.17, 15) is 8.60 Å². The Labute approximate surface area is 129 Å². The van der Waals surface area contributed by atoms with Gasteiger partial charge in [0.25, 0.3) is 0 Å². The predicted octanol–water partition coefficient (Wildman–Crippen LogP) is 4.07. The summed E-state index contributed by atoms with van der Waals surface area (Å²) < 4.78 is 26.9. The summed E-state index contributed by atoms with van der Waals surface area (Å²) in [5.74, 6) is 0.586. The first kappa shape index (κ1) is 15.7. The van der Waals surface area contributed by atoms with E-state index in [1.54, 1.807) is 13.2 Å². The van der Waals surface area contributed by atoms with Gasteiger partial charge in [0.15, 0.2) is 0 Å². The lowest BCUT2D eigenvalue weighted by molar-refractivity contribution is 0.583. The van der Waals surface area contributed by atoms with Gasteiger partial charge in [-0.15, -0.1) is 11.6 Å². The number of hydrogen-bond acceptors (Lipinski definition) is 2. The molecule has 0 amide bonds. The van der Waals surface area contributed by atoms with Gasteiger partial charge in [-0.1, -0.05) is 11.6 Å². The Kier molecular flexibility index (Phi) is 4.72. The molecule has 110 valence electrons. The maximum atomic E-state index is 13.5. The summed E-state index contributed by atoms with van der Waals surface area (Å²) >= 11 is 12.0. The van der Waals surface area contributed by atoms with Crippen molar-refractivity contribution in [3.63, 3.8) is 0 Å². The number of hydrogen-bond donors (Lipinski definition) is 0. The average molecular weight is 337 g/mol. The molecule has 2 rings (SSSR count). The van der Waals surface area contributed by atoms with Crippen LogP contribution in [-0.4, -0.2) is 25.8 Å². The molecule has 0 bridgehead atoms. The minimum atomic E-state index is -0.953. The molecule has 0 spiro atoms. The molecule has 0 aliphatic carbocycles. The van der Waals surface area contributed by atoms with Gasteiger partial charge in [-0.3, -0.25) is 4.21 Å². The van der Waals surface area contributed by atoms with E-state index in [-0.39, 0.29) is 16.4 Å². The number of fused-ring (bicyclic) bond motifs is 1. The van der Waals surface area contributed by atoms with Crippen LogP contribution in [0.1, 0.15) is 31.1 Å². The second kappa shape index (κ2) is 6.00. The molecule has 1 aromatic heterocycles. The maximum Gasteiger partial charge on any atom is 0.144 e. The minimum absolute atomic E-state index is 0.0391. The smallest absolute Gasteiger partial charge is 0.144 e. The van der Waals surface area contributed by atoms with Crippen molar-refractivity contribution in [2.45, 2.75) is 25.3 Å². The fourth-order valence-corrected chi connectivity index (χ4v) is 3.41. The number of nitrogens with zero attached hydrogens (tertiary/aromatic N) is 2. The van der Waals surface area contributed by atoms with Gasteiger partial charge in [0.05, 0.1) is 21.4 Å². The highest BCUT2D eigenvalue weighted by atomic mass is 35.5.